The predicted octanol–water partition coefficient (Wildman–Crippen LogP) is 1.24. The van der Waals surface area contributed by atoms with Crippen LogP contribution in [0, 0.1) is 0 Å². The van der Waals surface area contributed by atoms with Crippen LogP contribution in [-0.4, -0.2) is 44.5 Å². The number of ether oxygens (including phenoxy) is 1. The third-order valence-corrected chi connectivity index (χ3v) is 4.23. The van der Waals surface area contributed by atoms with Crippen LogP contribution in [0.15, 0.2) is 42.5 Å². The molecule has 8 nitrogen and oxygen atoms in total. The van der Waals surface area contributed by atoms with Gasteiger partial charge in [-0.15, -0.1) is 15.3 Å². The minimum atomic E-state index is -0.482. The number of carbonyl (C=O) groups is 1. The summed E-state index contributed by atoms with van der Waals surface area (Å²) < 4.78 is 7.32. The van der Waals surface area contributed by atoms with Crippen molar-refractivity contribution in [3.05, 3.63) is 42.5 Å². The SMILES string of the molecule is NC(=O)C1CCC(CNc2ccc3nnc(-c4ccccc4)n3n2)O1. The summed E-state index contributed by atoms with van der Waals surface area (Å²) in [6.07, 6.45) is 0.928. The number of hydrogen-bond donors (Lipinski definition) is 2. The average molecular weight is 338 g/mol. The highest BCUT2D eigenvalue weighted by Crippen LogP contribution is 2.21. The fourth-order valence-corrected chi connectivity index (χ4v) is 2.93. The molecule has 3 N–H and O–H groups in total. The monoisotopic (exact) mass is 338 g/mol. The highest BCUT2D eigenvalue weighted by molar-refractivity contribution is 5.79. The third kappa shape index (κ3) is 3.16. The number of rotatable bonds is 5. The largest absolute Gasteiger partial charge is 0.367 e. The molecule has 0 aliphatic carbocycles. The van der Waals surface area contributed by atoms with Gasteiger partial charge in [0.1, 0.15) is 11.9 Å². The normalized spacial score (nSPS) is 20.0. The van der Waals surface area contributed by atoms with E-state index in [2.05, 4.69) is 20.6 Å². The maximum absolute atomic E-state index is 11.2. The molecule has 3 aromatic rings. The van der Waals surface area contributed by atoms with Crippen LogP contribution in [-0.2, 0) is 9.53 Å². The minimum absolute atomic E-state index is 0.0514. The van der Waals surface area contributed by atoms with Gasteiger partial charge >= 0.3 is 0 Å². The molecule has 128 valence electrons. The number of anilines is 1. The number of benzene rings is 1. The van der Waals surface area contributed by atoms with E-state index in [0.717, 1.165) is 12.0 Å². The summed E-state index contributed by atoms with van der Waals surface area (Å²) >= 11 is 0. The topological polar surface area (TPSA) is 107 Å². The lowest BCUT2D eigenvalue weighted by molar-refractivity contribution is -0.128. The lowest BCUT2D eigenvalue weighted by Gasteiger charge is -2.13. The van der Waals surface area contributed by atoms with Gasteiger partial charge in [-0.3, -0.25) is 4.79 Å². The summed E-state index contributed by atoms with van der Waals surface area (Å²) in [7, 11) is 0. The van der Waals surface area contributed by atoms with Crippen molar-refractivity contribution in [2.24, 2.45) is 5.73 Å². The van der Waals surface area contributed by atoms with E-state index in [9.17, 15) is 4.79 Å². The first-order valence-electron chi connectivity index (χ1n) is 8.17. The zero-order valence-electron chi connectivity index (χ0n) is 13.5. The summed E-state index contributed by atoms with van der Waals surface area (Å²) in [5.41, 5.74) is 6.90. The van der Waals surface area contributed by atoms with Crippen molar-refractivity contribution in [1.82, 2.24) is 19.8 Å². The Bertz CT molecular complexity index is 895. The summed E-state index contributed by atoms with van der Waals surface area (Å²) in [6, 6.07) is 13.5. The molecular formula is C17H18N6O2. The summed E-state index contributed by atoms with van der Waals surface area (Å²) in [5.74, 6) is 0.972. The van der Waals surface area contributed by atoms with Crippen molar-refractivity contribution in [2.45, 2.75) is 25.0 Å². The van der Waals surface area contributed by atoms with E-state index >= 15 is 0 Å². The number of nitrogens with two attached hydrogens (primary N) is 1. The van der Waals surface area contributed by atoms with Gasteiger partial charge in [-0.1, -0.05) is 30.3 Å². The lowest BCUT2D eigenvalue weighted by atomic mass is 10.2. The van der Waals surface area contributed by atoms with Gasteiger partial charge < -0.3 is 15.8 Å². The molecule has 0 radical (unpaired) electrons. The third-order valence-electron chi connectivity index (χ3n) is 4.23. The standard InChI is InChI=1S/C17H18N6O2/c18-16(24)13-7-6-12(25-13)10-19-14-8-9-15-20-21-17(23(15)22-14)11-4-2-1-3-5-11/h1-5,8-9,12-13H,6-7,10H2,(H2,18,24)(H,19,22). The Labute approximate surface area is 144 Å². The van der Waals surface area contributed by atoms with E-state index in [4.69, 9.17) is 10.5 Å². The molecule has 1 aliphatic rings. The molecule has 0 spiro atoms. The van der Waals surface area contributed by atoms with Crippen molar-refractivity contribution in [3.63, 3.8) is 0 Å². The molecule has 1 fully saturated rings. The fourth-order valence-electron chi connectivity index (χ4n) is 2.93. The molecule has 25 heavy (non-hydrogen) atoms. The summed E-state index contributed by atoms with van der Waals surface area (Å²) in [5, 5.41) is 16.2. The Morgan fingerprint density at radius 2 is 2.04 bits per heavy atom. The lowest BCUT2D eigenvalue weighted by Crippen LogP contribution is -2.30. The van der Waals surface area contributed by atoms with Gasteiger partial charge in [-0.05, 0) is 25.0 Å². The van der Waals surface area contributed by atoms with E-state index < -0.39 is 12.0 Å². The number of aromatic nitrogens is 4. The first-order chi connectivity index (χ1) is 12.2. The quantitative estimate of drug-likeness (QED) is 0.725. The molecule has 1 saturated heterocycles. The van der Waals surface area contributed by atoms with Crippen molar-refractivity contribution in [3.8, 4) is 11.4 Å². The molecule has 1 aliphatic heterocycles. The summed E-state index contributed by atoms with van der Waals surface area (Å²) in [6.45, 7) is 0.561. The Kier molecular flexibility index (Phi) is 4.02. The second-order valence-corrected chi connectivity index (χ2v) is 5.99. The van der Waals surface area contributed by atoms with Crippen LogP contribution in [0.25, 0.3) is 17.0 Å². The highest BCUT2D eigenvalue weighted by atomic mass is 16.5. The Morgan fingerprint density at radius 1 is 1.20 bits per heavy atom. The van der Waals surface area contributed by atoms with E-state index in [1.165, 1.54) is 0 Å². The molecule has 0 bridgehead atoms. The molecule has 4 rings (SSSR count). The van der Waals surface area contributed by atoms with Crippen molar-refractivity contribution in [1.29, 1.82) is 0 Å². The molecule has 2 atom stereocenters. The Hall–Kier alpha value is -3.00. The minimum Gasteiger partial charge on any atom is -0.367 e. The fraction of sp³-hybridized carbons (Fsp3) is 0.294. The van der Waals surface area contributed by atoms with Crippen LogP contribution in [0.5, 0.6) is 0 Å². The average Bonchev–Trinajstić information content (AvgIpc) is 3.27. The van der Waals surface area contributed by atoms with E-state index in [1.54, 1.807) is 4.52 Å². The zero-order valence-corrected chi connectivity index (χ0v) is 13.5. The predicted molar refractivity (Wildman–Crippen MR) is 91.8 cm³/mol. The number of primary amides is 1. The van der Waals surface area contributed by atoms with E-state index in [-0.39, 0.29) is 6.10 Å². The van der Waals surface area contributed by atoms with Crippen LogP contribution in [0.2, 0.25) is 0 Å². The number of carbonyl (C=O) groups excluding carboxylic acids is 1. The van der Waals surface area contributed by atoms with Crippen LogP contribution in [0.4, 0.5) is 5.82 Å². The van der Waals surface area contributed by atoms with Crippen LogP contribution in [0.1, 0.15) is 12.8 Å². The maximum atomic E-state index is 11.2. The van der Waals surface area contributed by atoms with Crippen LogP contribution >= 0.6 is 0 Å². The van der Waals surface area contributed by atoms with E-state index in [0.29, 0.717) is 30.3 Å². The molecule has 1 amide bonds. The van der Waals surface area contributed by atoms with Gasteiger partial charge in [0.2, 0.25) is 5.91 Å². The molecule has 3 heterocycles. The Balaban J connectivity index is 1.51. The highest BCUT2D eigenvalue weighted by Gasteiger charge is 2.28. The van der Waals surface area contributed by atoms with Crippen molar-refractivity contribution < 1.29 is 9.53 Å². The van der Waals surface area contributed by atoms with Gasteiger partial charge in [0.15, 0.2) is 11.5 Å². The van der Waals surface area contributed by atoms with Gasteiger partial charge in [-0.25, -0.2) is 0 Å². The molecule has 2 unspecified atom stereocenters. The summed E-state index contributed by atoms with van der Waals surface area (Å²) in [4.78, 5) is 11.2. The molecule has 1 aromatic carbocycles. The molecule has 8 heteroatoms. The molecule has 2 aromatic heterocycles. The van der Waals surface area contributed by atoms with Crippen molar-refractivity contribution >= 4 is 17.4 Å². The van der Waals surface area contributed by atoms with Crippen LogP contribution < -0.4 is 11.1 Å². The second-order valence-electron chi connectivity index (χ2n) is 5.99. The molecule has 0 saturated carbocycles. The van der Waals surface area contributed by atoms with Gasteiger partial charge in [0.25, 0.3) is 0 Å². The number of hydrogen-bond acceptors (Lipinski definition) is 6. The van der Waals surface area contributed by atoms with Gasteiger partial charge in [0, 0.05) is 12.1 Å². The van der Waals surface area contributed by atoms with Gasteiger partial charge in [-0.2, -0.15) is 4.52 Å². The first kappa shape index (κ1) is 15.5. The van der Waals surface area contributed by atoms with Crippen LogP contribution in [0.3, 0.4) is 0 Å². The smallest absolute Gasteiger partial charge is 0.246 e. The Morgan fingerprint density at radius 3 is 2.80 bits per heavy atom. The maximum Gasteiger partial charge on any atom is 0.246 e. The number of nitrogens with one attached hydrogen (secondary N) is 1. The van der Waals surface area contributed by atoms with Crippen molar-refractivity contribution in [2.75, 3.05) is 11.9 Å². The van der Waals surface area contributed by atoms with E-state index in [1.807, 2.05) is 42.5 Å². The first-order valence-corrected chi connectivity index (χ1v) is 8.17. The number of amides is 1. The number of nitrogens with zero attached hydrogens (tertiary/aromatic N) is 4. The zero-order chi connectivity index (χ0) is 17.2. The van der Waals surface area contributed by atoms with Gasteiger partial charge in [0.05, 0.1) is 6.10 Å². The number of fused-ring (bicyclic) bond motifs is 1. The molecular weight excluding hydrogens is 320 g/mol. The second kappa shape index (κ2) is 6.48.